The number of aromatic nitrogens is 1. The first-order valence-electron chi connectivity index (χ1n) is 6.42. The maximum Gasteiger partial charge on any atom is 0.356 e. The Kier molecular flexibility index (Phi) is 5.91. The lowest BCUT2D eigenvalue weighted by molar-refractivity contribution is 0.0593. The second-order valence-corrected chi connectivity index (χ2v) is 5.47. The van der Waals surface area contributed by atoms with Crippen molar-refractivity contribution >= 4 is 5.97 Å². The number of ether oxygens (including phenoxy) is 2. The summed E-state index contributed by atoms with van der Waals surface area (Å²) in [6.45, 7) is 6.67. The summed E-state index contributed by atoms with van der Waals surface area (Å²) < 4.78 is 9.94. The number of carbonyl (C=O) groups excluding carboxylic acids is 1. The third-order valence-corrected chi connectivity index (χ3v) is 2.44. The Balaban J connectivity index is 2.40. The van der Waals surface area contributed by atoms with Gasteiger partial charge in [0.05, 0.1) is 13.3 Å². The maximum absolute atomic E-state index is 11.2. The summed E-state index contributed by atoms with van der Waals surface area (Å²) in [5, 5.41) is 13.0. The van der Waals surface area contributed by atoms with Crippen molar-refractivity contribution in [2.45, 2.75) is 32.4 Å². The van der Waals surface area contributed by atoms with Crippen LogP contribution in [0.5, 0.6) is 5.75 Å². The van der Waals surface area contributed by atoms with Crippen LogP contribution in [0.3, 0.4) is 0 Å². The molecular formula is C14H22N2O4. The molecule has 0 amide bonds. The zero-order valence-electron chi connectivity index (χ0n) is 12.3. The lowest BCUT2D eigenvalue weighted by Gasteiger charge is -2.22. The Hall–Kier alpha value is -1.66. The zero-order valence-corrected chi connectivity index (χ0v) is 12.3. The van der Waals surface area contributed by atoms with Gasteiger partial charge < -0.3 is 19.9 Å². The van der Waals surface area contributed by atoms with E-state index in [1.807, 2.05) is 20.8 Å². The molecule has 0 spiro atoms. The van der Waals surface area contributed by atoms with Gasteiger partial charge in [0.15, 0.2) is 0 Å². The molecule has 0 aliphatic rings. The minimum absolute atomic E-state index is 0.0509. The lowest BCUT2D eigenvalue weighted by Crippen LogP contribution is -2.42. The topological polar surface area (TPSA) is 80.7 Å². The molecule has 0 radical (unpaired) electrons. The molecule has 0 aliphatic heterocycles. The summed E-state index contributed by atoms with van der Waals surface area (Å²) >= 11 is 0. The van der Waals surface area contributed by atoms with Crippen LogP contribution in [0.4, 0.5) is 0 Å². The van der Waals surface area contributed by atoms with Crippen molar-refractivity contribution in [3.63, 3.8) is 0 Å². The van der Waals surface area contributed by atoms with Crippen LogP contribution in [0.15, 0.2) is 18.3 Å². The van der Waals surface area contributed by atoms with Gasteiger partial charge in [0.2, 0.25) is 0 Å². The Labute approximate surface area is 119 Å². The number of aliphatic hydroxyl groups is 1. The van der Waals surface area contributed by atoms with Crippen LogP contribution < -0.4 is 10.1 Å². The minimum Gasteiger partial charge on any atom is -0.489 e. The number of pyridine rings is 1. The Morgan fingerprint density at radius 2 is 2.15 bits per heavy atom. The van der Waals surface area contributed by atoms with Gasteiger partial charge in [0.25, 0.3) is 0 Å². The van der Waals surface area contributed by atoms with Gasteiger partial charge >= 0.3 is 5.97 Å². The predicted octanol–water partition coefficient (Wildman–Crippen LogP) is 0.996. The van der Waals surface area contributed by atoms with Crippen molar-refractivity contribution in [3.05, 3.63) is 24.0 Å². The molecule has 1 aromatic rings. The molecule has 1 aromatic heterocycles. The van der Waals surface area contributed by atoms with Crippen LogP contribution >= 0.6 is 0 Å². The second kappa shape index (κ2) is 7.21. The fourth-order valence-corrected chi connectivity index (χ4v) is 1.37. The molecule has 20 heavy (non-hydrogen) atoms. The van der Waals surface area contributed by atoms with Crippen molar-refractivity contribution < 1.29 is 19.4 Å². The van der Waals surface area contributed by atoms with Crippen LogP contribution in [-0.2, 0) is 4.74 Å². The number of hydrogen-bond donors (Lipinski definition) is 2. The van der Waals surface area contributed by atoms with Gasteiger partial charge in [0, 0.05) is 12.1 Å². The average molecular weight is 282 g/mol. The van der Waals surface area contributed by atoms with Crippen LogP contribution in [0.1, 0.15) is 31.3 Å². The largest absolute Gasteiger partial charge is 0.489 e. The van der Waals surface area contributed by atoms with Gasteiger partial charge in [-0.25, -0.2) is 9.78 Å². The van der Waals surface area contributed by atoms with Crippen molar-refractivity contribution in [2.24, 2.45) is 0 Å². The van der Waals surface area contributed by atoms with Crippen molar-refractivity contribution in [1.29, 1.82) is 0 Å². The van der Waals surface area contributed by atoms with E-state index in [0.29, 0.717) is 12.3 Å². The molecular weight excluding hydrogens is 260 g/mol. The molecule has 0 saturated heterocycles. The highest BCUT2D eigenvalue weighted by atomic mass is 16.5. The highest BCUT2D eigenvalue weighted by Gasteiger charge is 2.13. The molecule has 0 bridgehead atoms. The van der Waals surface area contributed by atoms with E-state index in [1.165, 1.54) is 19.4 Å². The minimum atomic E-state index is -0.616. The van der Waals surface area contributed by atoms with Gasteiger partial charge in [-0.2, -0.15) is 0 Å². The summed E-state index contributed by atoms with van der Waals surface area (Å²) in [5.41, 5.74) is 0.167. The van der Waals surface area contributed by atoms with Crippen LogP contribution in [0.25, 0.3) is 0 Å². The number of β-amino-alcohol motifs (C(OH)–C–C–N with tert-alkyl or cyclic N) is 1. The second-order valence-electron chi connectivity index (χ2n) is 5.47. The number of methoxy groups -OCH3 is 1. The van der Waals surface area contributed by atoms with Crippen molar-refractivity contribution in [1.82, 2.24) is 10.3 Å². The number of nitrogens with one attached hydrogen (secondary N) is 1. The van der Waals surface area contributed by atoms with E-state index in [4.69, 9.17) is 4.74 Å². The fraction of sp³-hybridized carbons (Fsp3) is 0.571. The normalized spacial score (nSPS) is 12.8. The van der Waals surface area contributed by atoms with Crippen LogP contribution in [-0.4, -0.2) is 48.0 Å². The molecule has 1 heterocycles. The molecule has 1 unspecified atom stereocenters. The first-order chi connectivity index (χ1) is 9.31. The number of esters is 1. The fourth-order valence-electron chi connectivity index (χ4n) is 1.37. The van der Waals surface area contributed by atoms with E-state index in [2.05, 4.69) is 15.0 Å². The molecule has 2 N–H and O–H groups in total. The Bertz CT molecular complexity index is 426. The first kappa shape index (κ1) is 16.4. The van der Waals surface area contributed by atoms with Gasteiger partial charge in [-0.1, -0.05) is 0 Å². The Morgan fingerprint density at radius 1 is 1.45 bits per heavy atom. The van der Waals surface area contributed by atoms with Gasteiger partial charge in [-0.05, 0) is 32.9 Å². The molecule has 0 fully saturated rings. The average Bonchev–Trinajstić information content (AvgIpc) is 2.41. The maximum atomic E-state index is 11.2. The zero-order chi connectivity index (χ0) is 15.2. The van der Waals surface area contributed by atoms with E-state index in [0.717, 1.165) is 0 Å². The molecule has 1 rings (SSSR count). The van der Waals surface area contributed by atoms with E-state index in [9.17, 15) is 9.90 Å². The lowest BCUT2D eigenvalue weighted by atomic mass is 10.1. The van der Waals surface area contributed by atoms with Crippen molar-refractivity contribution in [2.75, 3.05) is 20.3 Å². The number of nitrogens with zero attached hydrogens (tertiary/aromatic N) is 1. The van der Waals surface area contributed by atoms with Crippen molar-refractivity contribution in [3.8, 4) is 5.75 Å². The number of aliphatic hydroxyl groups excluding tert-OH is 1. The highest BCUT2D eigenvalue weighted by molar-refractivity contribution is 5.87. The standard InChI is InChI=1S/C14H22N2O4/c1-14(2,3)16-7-10(17)9-20-11-5-6-12(15-8-11)13(18)19-4/h5-6,8,10,16-17H,7,9H2,1-4H3. The molecule has 1 atom stereocenters. The molecule has 0 saturated carbocycles. The summed E-state index contributed by atoms with van der Waals surface area (Å²) in [6.07, 6.45) is 0.811. The molecule has 112 valence electrons. The van der Waals surface area contributed by atoms with E-state index in [-0.39, 0.29) is 17.8 Å². The molecule has 6 nitrogen and oxygen atoms in total. The van der Waals surface area contributed by atoms with E-state index < -0.39 is 12.1 Å². The van der Waals surface area contributed by atoms with E-state index in [1.54, 1.807) is 6.07 Å². The Morgan fingerprint density at radius 3 is 2.65 bits per heavy atom. The SMILES string of the molecule is COC(=O)c1ccc(OCC(O)CNC(C)(C)C)cn1. The van der Waals surface area contributed by atoms with Gasteiger partial charge in [-0.3, -0.25) is 0 Å². The quantitative estimate of drug-likeness (QED) is 0.758. The molecule has 6 heteroatoms. The third kappa shape index (κ3) is 5.99. The van der Waals surface area contributed by atoms with Crippen LogP contribution in [0, 0.1) is 0 Å². The molecule has 0 aromatic carbocycles. The number of hydrogen-bond acceptors (Lipinski definition) is 6. The number of rotatable bonds is 6. The number of carbonyl (C=O) groups is 1. The first-order valence-corrected chi connectivity index (χ1v) is 6.42. The van der Waals surface area contributed by atoms with E-state index >= 15 is 0 Å². The summed E-state index contributed by atoms with van der Waals surface area (Å²) in [7, 11) is 1.30. The van der Waals surface area contributed by atoms with Crippen LogP contribution in [0.2, 0.25) is 0 Å². The summed E-state index contributed by atoms with van der Waals surface area (Å²) in [6, 6.07) is 3.13. The smallest absolute Gasteiger partial charge is 0.356 e. The molecule has 0 aliphatic carbocycles. The highest BCUT2D eigenvalue weighted by Crippen LogP contribution is 2.10. The van der Waals surface area contributed by atoms with Gasteiger partial charge in [0.1, 0.15) is 24.2 Å². The predicted molar refractivity (Wildman–Crippen MR) is 74.8 cm³/mol. The summed E-state index contributed by atoms with van der Waals surface area (Å²) in [4.78, 5) is 15.1. The monoisotopic (exact) mass is 282 g/mol. The summed E-state index contributed by atoms with van der Waals surface area (Å²) in [5.74, 6) is -0.00146. The van der Waals surface area contributed by atoms with Gasteiger partial charge in [-0.15, -0.1) is 0 Å². The third-order valence-electron chi connectivity index (χ3n) is 2.44.